The average molecular weight is 455 g/mol. The largest absolute Gasteiger partial charge is 0.489 e. The Hall–Kier alpha value is -3.59. The van der Waals surface area contributed by atoms with Crippen molar-refractivity contribution in [3.63, 3.8) is 0 Å². The Morgan fingerprint density at radius 1 is 0.794 bits per heavy atom. The second-order valence-corrected chi connectivity index (χ2v) is 8.73. The lowest BCUT2D eigenvalue weighted by atomic mass is 10.0. The van der Waals surface area contributed by atoms with Crippen LogP contribution >= 0.6 is 0 Å². The Kier molecular flexibility index (Phi) is 9.72. The number of ether oxygens (including phenoxy) is 2. The summed E-state index contributed by atoms with van der Waals surface area (Å²) in [7, 11) is 0. The van der Waals surface area contributed by atoms with E-state index >= 15 is 0 Å². The third-order valence-electron chi connectivity index (χ3n) is 5.51. The maximum absolute atomic E-state index is 12.7. The zero-order valence-corrected chi connectivity index (χ0v) is 20.4. The molecule has 3 nitrogen and oxygen atoms in total. The van der Waals surface area contributed by atoms with E-state index in [0.717, 1.165) is 35.3 Å². The predicted molar refractivity (Wildman–Crippen MR) is 139 cm³/mol. The highest BCUT2D eigenvalue weighted by atomic mass is 16.5. The summed E-state index contributed by atoms with van der Waals surface area (Å²) in [4.78, 5) is 12.7. The molecule has 0 amide bonds. The SMILES string of the molecule is CC(C)=CCC/C(C)=C/Cc1cc(C(=O)OCc2ccccc2)ccc1OCc1ccccc1. The van der Waals surface area contributed by atoms with Gasteiger partial charge in [0.25, 0.3) is 0 Å². The number of esters is 1. The molecule has 0 saturated carbocycles. The Morgan fingerprint density at radius 3 is 2.09 bits per heavy atom. The van der Waals surface area contributed by atoms with Gasteiger partial charge in [-0.2, -0.15) is 0 Å². The van der Waals surface area contributed by atoms with Crippen molar-refractivity contribution in [2.75, 3.05) is 0 Å². The first-order valence-corrected chi connectivity index (χ1v) is 11.8. The van der Waals surface area contributed by atoms with Crippen LogP contribution in [-0.4, -0.2) is 5.97 Å². The normalized spacial score (nSPS) is 11.1. The van der Waals surface area contributed by atoms with Gasteiger partial charge in [0.15, 0.2) is 0 Å². The molecule has 176 valence electrons. The van der Waals surface area contributed by atoms with Crippen LogP contribution in [0.1, 0.15) is 60.7 Å². The van der Waals surface area contributed by atoms with Gasteiger partial charge in [-0.15, -0.1) is 0 Å². The predicted octanol–water partition coefficient (Wildman–Crippen LogP) is 7.86. The quantitative estimate of drug-likeness (QED) is 0.218. The maximum Gasteiger partial charge on any atom is 0.338 e. The fourth-order valence-corrected chi connectivity index (χ4v) is 3.52. The Bertz CT molecular complexity index is 1110. The highest BCUT2D eigenvalue weighted by molar-refractivity contribution is 5.89. The summed E-state index contributed by atoms with van der Waals surface area (Å²) in [5.74, 6) is 0.459. The van der Waals surface area contributed by atoms with Crippen LogP contribution in [0, 0.1) is 0 Å². The van der Waals surface area contributed by atoms with E-state index in [-0.39, 0.29) is 12.6 Å². The van der Waals surface area contributed by atoms with Crippen molar-refractivity contribution in [1.82, 2.24) is 0 Å². The summed E-state index contributed by atoms with van der Waals surface area (Å²) in [6.45, 7) is 7.14. The first-order valence-electron chi connectivity index (χ1n) is 11.8. The van der Waals surface area contributed by atoms with Crippen LogP contribution in [0.4, 0.5) is 0 Å². The van der Waals surface area contributed by atoms with E-state index in [2.05, 4.69) is 32.9 Å². The van der Waals surface area contributed by atoms with Gasteiger partial charge in [0, 0.05) is 0 Å². The molecule has 0 aliphatic rings. The van der Waals surface area contributed by atoms with Gasteiger partial charge in [-0.05, 0) is 74.9 Å². The van der Waals surface area contributed by atoms with Crippen molar-refractivity contribution >= 4 is 5.97 Å². The average Bonchev–Trinajstić information content (AvgIpc) is 2.86. The van der Waals surface area contributed by atoms with E-state index in [1.165, 1.54) is 11.1 Å². The van der Waals surface area contributed by atoms with E-state index in [9.17, 15) is 4.79 Å². The number of rotatable bonds is 11. The first kappa shape index (κ1) is 25.0. The van der Waals surface area contributed by atoms with Gasteiger partial charge in [0.2, 0.25) is 0 Å². The minimum absolute atomic E-state index is 0.255. The van der Waals surface area contributed by atoms with E-state index < -0.39 is 0 Å². The van der Waals surface area contributed by atoms with Crippen molar-refractivity contribution in [2.24, 2.45) is 0 Å². The highest BCUT2D eigenvalue weighted by Crippen LogP contribution is 2.24. The molecular weight excluding hydrogens is 420 g/mol. The zero-order chi connectivity index (χ0) is 24.2. The van der Waals surface area contributed by atoms with E-state index in [4.69, 9.17) is 9.47 Å². The van der Waals surface area contributed by atoms with Gasteiger partial charge in [0.1, 0.15) is 19.0 Å². The summed E-state index contributed by atoms with van der Waals surface area (Å²) < 4.78 is 11.7. The number of hydrogen-bond acceptors (Lipinski definition) is 3. The second kappa shape index (κ2) is 13.2. The fraction of sp³-hybridized carbons (Fsp3) is 0.258. The van der Waals surface area contributed by atoms with Crippen LogP contribution in [0.2, 0.25) is 0 Å². The molecule has 0 N–H and O–H groups in total. The molecule has 0 fully saturated rings. The van der Waals surface area contributed by atoms with Crippen molar-refractivity contribution in [2.45, 2.75) is 53.2 Å². The monoisotopic (exact) mass is 454 g/mol. The smallest absolute Gasteiger partial charge is 0.338 e. The highest BCUT2D eigenvalue weighted by Gasteiger charge is 2.12. The van der Waals surface area contributed by atoms with Crippen LogP contribution in [0.15, 0.2) is 102 Å². The summed E-state index contributed by atoms with van der Waals surface area (Å²) in [6, 6.07) is 25.4. The van der Waals surface area contributed by atoms with Crippen molar-refractivity contribution in [3.8, 4) is 5.75 Å². The van der Waals surface area contributed by atoms with E-state index in [1.807, 2.05) is 72.8 Å². The Balaban J connectivity index is 1.73. The molecule has 0 aliphatic heterocycles. The number of carbonyl (C=O) groups is 1. The minimum atomic E-state index is -0.330. The van der Waals surface area contributed by atoms with Crippen LogP contribution in [0.25, 0.3) is 0 Å². The molecule has 3 heteroatoms. The third kappa shape index (κ3) is 8.40. The molecule has 0 heterocycles. The molecule has 0 radical (unpaired) electrons. The van der Waals surface area contributed by atoms with Crippen LogP contribution in [0.3, 0.4) is 0 Å². The van der Waals surface area contributed by atoms with Gasteiger partial charge in [-0.1, -0.05) is 84.0 Å². The van der Waals surface area contributed by atoms with E-state index in [1.54, 1.807) is 6.07 Å². The topological polar surface area (TPSA) is 35.5 Å². The number of hydrogen-bond donors (Lipinski definition) is 0. The van der Waals surface area contributed by atoms with Crippen molar-refractivity contribution in [1.29, 1.82) is 0 Å². The lowest BCUT2D eigenvalue weighted by Crippen LogP contribution is -2.07. The van der Waals surface area contributed by atoms with Crippen molar-refractivity contribution < 1.29 is 14.3 Å². The molecule has 0 spiro atoms. The lowest BCUT2D eigenvalue weighted by molar-refractivity contribution is 0.0472. The molecule has 0 aliphatic carbocycles. The molecule has 0 bridgehead atoms. The Labute approximate surface area is 203 Å². The Morgan fingerprint density at radius 2 is 1.44 bits per heavy atom. The van der Waals surface area contributed by atoms with Crippen LogP contribution in [0.5, 0.6) is 5.75 Å². The molecule has 3 rings (SSSR count). The van der Waals surface area contributed by atoms with Crippen molar-refractivity contribution in [3.05, 3.63) is 124 Å². The van der Waals surface area contributed by atoms with Gasteiger partial charge in [-0.25, -0.2) is 4.79 Å². The molecular formula is C31H34O3. The molecule has 0 atom stereocenters. The summed E-state index contributed by atoms with van der Waals surface area (Å²) in [6.07, 6.45) is 7.24. The summed E-state index contributed by atoms with van der Waals surface area (Å²) in [5.41, 5.74) is 6.25. The molecule has 0 unspecified atom stereocenters. The van der Waals surface area contributed by atoms with Gasteiger partial charge in [0.05, 0.1) is 5.56 Å². The van der Waals surface area contributed by atoms with Gasteiger partial charge >= 0.3 is 5.97 Å². The molecule has 3 aromatic rings. The first-order chi connectivity index (χ1) is 16.5. The maximum atomic E-state index is 12.7. The molecule has 34 heavy (non-hydrogen) atoms. The van der Waals surface area contributed by atoms with Gasteiger partial charge in [-0.3, -0.25) is 0 Å². The fourth-order valence-electron chi connectivity index (χ4n) is 3.52. The van der Waals surface area contributed by atoms with Crippen LogP contribution in [-0.2, 0) is 24.4 Å². The number of carbonyl (C=O) groups excluding carboxylic acids is 1. The summed E-state index contributed by atoms with van der Waals surface area (Å²) in [5, 5.41) is 0. The molecule has 0 aromatic heterocycles. The molecule has 0 saturated heterocycles. The van der Waals surface area contributed by atoms with E-state index in [0.29, 0.717) is 18.6 Å². The minimum Gasteiger partial charge on any atom is -0.489 e. The molecule has 3 aromatic carbocycles. The summed E-state index contributed by atoms with van der Waals surface area (Å²) >= 11 is 0. The number of benzene rings is 3. The standard InChI is InChI=1S/C31H34O3/c1-24(2)11-10-12-25(3)17-18-28-21-29(31(32)34-23-27-15-8-5-9-16-27)19-20-30(28)33-22-26-13-6-4-7-14-26/h4-9,11,13-17,19-21H,10,12,18,22-23H2,1-3H3/b25-17+. The third-order valence-corrected chi connectivity index (χ3v) is 5.51. The van der Waals surface area contributed by atoms with Crippen LogP contribution < -0.4 is 4.74 Å². The zero-order valence-electron chi connectivity index (χ0n) is 20.4. The second-order valence-electron chi connectivity index (χ2n) is 8.73. The lowest BCUT2D eigenvalue weighted by Gasteiger charge is -2.13. The van der Waals surface area contributed by atoms with Gasteiger partial charge < -0.3 is 9.47 Å². The number of allylic oxidation sites excluding steroid dienone is 4.